The third kappa shape index (κ3) is 4.75. The number of ether oxygens (including phenoxy) is 2. The van der Waals surface area contributed by atoms with Gasteiger partial charge in [0.25, 0.3) is 0 Å². The van der Waals surface area contributed by atoms with E-state index >= 15 is 0 Å². The molecule has 0 radical (unpaired) electrons. The molecule has 1 N–H and O–H groups in total. The third-order valence-corrected chi connectivity index (χ3v) is 5.07. The zero-order chi connectivity index (χ0) is 19.3. The van der Waals surface area contributed by atoms with E-state index in [1.807, 2.05) is 44.2 Å². The molecule has 1 aliphatic heterocycles. The number of carbonyl (C=O) groups excluding carboxylic acids is 1. The predicted octanol–water partition coefficient (Wildman–Crippen LogP) is 3.09. The lowest BCUT2D eigenvalue weighted by Crippen LogP contribution is -2.54. The molecule has 0 spiro atoms. The van der Waals surface area contributed by atoms with Crippen LogP contribution in [0.5, 0.6) is 5.75 Å². The molecule has 0 aromatic heterocycles. The van der Waals surface area contributed by atoms with Crippen LogP contribution in [0.2, 0.25) is 0 Å². The first-order chi connectivity index (χ1) is 13.0. The average Bonchev–Trinajstić information content (AvgIpc) is 2.73. The summed E-state index contributed by atoms with van der Waals surface area (Å²) in [7, 11) is 0. The Labute approximate surface area is 160 Å². The summed E-state index contributed by atoms with van der Waals surface area (Å²) in [6.45, 7) is 6.92. The summed E-state index contributed by atoms with van der Waals surface area (Å²) in [5.41, 5.74) is 0.898. The summed E-state index contributed by atoms with van der Waals surface area (Å²) in [5, 5.41) is 10.2. The molecule has 1 unspecified atom stereocenters. The minimum absolute atomic E-state index is 0.0836. The van der Waals surface area contributed by atoms with Crippen molar-refractivity contribution in [2.75, 3.05) is 32.9 Å². The number of aliphatic hydroxyl groups is 1. The second-order valence-electron chi connectivity index (χ2n) is 7.25. The first-order valence-corrected chi connectivity index (χ1v) is 9.32. The summed E-state index contributed by atoms with van der Waals surface area (Å²) in [6.07, 6.45) is -0.687. The van der Waals surface area contributed by atoms with Crippen molar-refractivity contribution in [2.45, 2.75) is 25.5 Å². The molecule has 2 aromatic rings. The van der Waals surface area contributed by atoms with Crippen molar-refractivity contribution in [2.24, 2.45) is 0 Å². The second-order valence-corrected chi connectivity index (χ2v) is 7.25. The molecule has 0 bridgehead atoms. The summed E-state index contributed by atoms with van der Waals surface area (Å²) < 4.78 is 11.1. The fraction of sp³-hybridized carbons (Fsp3) is 0.409. The first-order valence-electron chi connectivity index (χ1n) is 9.32. The molecule has 3 rings (SSSR count). The molecule has 1 heterocycles. The van der Waals surface area contributed by atoms with Crippen molar-refractivity contribution >= 4 is 5.78 Å². The normalized spacial score (nSPS) is 16.7. The third-order valence-electron chi connectivity index (χ3n) is 5.07. The molecule has 144 valence electrons. The summed E-state index contributed by atoms with van der Waals surface area (Å²) >= 11 is 0. The highest BCUT2D eigenvalue weighted by molar-refractivity contribution is 6.02. The highest BCUT2D eigenvalue weighted by Gasteiger charge is 2.35. The monoisotopic (exact) mass is 369 g/mol. The van der Waals surface area contributed by atoms with E-state index in [0.29, 0.717) is 24.5 Å². The molecule has 1 aliphatic rings. The summed E-state index contributed by atoms with van der Waals surface area (Å²) in [5.74, 6) is 0.714. The fourth-order valence-corrected chi connectivity index (χ4v) is 3.27. The van der Waals surface area contributed by atoms with Crippen LogP contribution >= 0.6 is 0 Å². The molecule has 27 heavy (non-hydrogen) atoms. The average molecular weight is 369 g/mol. The van der Waals surface area contributed by atoms with Gasteiger partial charge in [-0.15, -0.1) is 0 Å². The predicted molar refractivity (Wildman–Crippen MR) is 104 cm³/mol. The minimum Gasteiger partial charge on any atom is -0.491 e. The van der Waals surface area contributed by atoms with Gasteiger partial charge in [0.15, 0.2) is 5.78 Å². The van der Waals surface area contributed by atoms with Crippen LogP contribution in [0.25, 0.3) is 0 Å². The Morgan fingerprint density at radius 2 is 1.74 bits per heavy atom. The van der Waals surface area contributed by atoms with Crippen molar-refractivity contribution in [1.29, 1.82) is 0 Å². The number of benzene rings is 2. The smallest absolute Gasteiger partial charge is 0.182 e. The second kappa shape index (κ2) is 8.65. The van der Waals surface area contributed by atoms with Crippen molar-refractivity contribution in [3.63, 3.8) is 0 Å². The number of nitrogens with zero attached hydrogens (tertiary/aromatic N) is 1. The Morgan fingerprint density at radius 1 is 1.11 bits per heavy atom. The number of aliphatic hydroxyl groups excluding tert-OH is 1. The molecule has 2 aromatic carbocycles. The zero-order valence-corrected chi connectivity index (χ0v) is 15.9. The molecule has 1 saturated heterocycles. The van der Waals surface area contributed by atoms with Crippen LogP contribution in [0.15, 0.2) is 54.6 Å². The molecule has 5 heteroatoms. The van der Waals surface area contributed by atoms with E-state index in [4.69, 9.17) is 9.47 Å². The number of rotatable bonds is 7. The van der Waals surface area contributed by atoms with Gasteiger partial charge in [-0.2, -0.15) is 0 Å². The largest absolute Gasteiger partial charge is 0.491 e. The Balaban J connectivity index is 1.60. The number of carbonyl (C=O) groups is 1. The van der Waals surface area contributed by atoms with Crippen LogP contribution in [0.1, 0.15) is 35.9 Å². The van der Waals surface area contributed by atoms with E-state index in [2.05, 4.69) is 4.90 Å². The fourth-order valence-electron chi connectivity index (χ4n) is 3.27. The van der Waals surface area contributed by atoms with Gasteiger partial charge in [0.2, 0.25) is 0 Å². The first kappa shape index (κ1) is 19.5. The van der Waals surface area contributed by atoms with Gasteiger partial charge in [0, 0.05) is 18.7 Å². The number of hydrogen-bond acceptors (Lipinski definition) is 5. The summed E-state index contributed by atoms with van der Waals surface area (Å²) in [4.78, 5) is 15.1. The van der Waals surface area contributed by atoms with E-state index in [1.54, 1.807) is 24.3 Å². The molecule has 0 saturated carbocycles. The van der Waals surface area contributed by atoms with Gasteiger partial charge in [0.1, 0.15) is 18.5 Å². The SMILES string of the molecule is CC(C)(C(=O)c1ccc(OCC(O)c2ccccc2)cc1)N1CCOCC1. The number of morpholine rings is 1. The van der Waals surface area contributed by atoms with Crippen LogP contribution < -0.4 is 4.74 Å². The van der Waals surface area contributed by atoms with Crippen LogP contribution in [0, 0.1) is 0 Å². The Kier molecular flexibility index (Phi) is 6.26. The maximum atomic E-state index is 13.0. The van der Waals surface area contributed by atoms with Crippen LogP contribution in [-0.4, -0.2) is 54.2 Å². The molecule has 1 atom stereocenters. The van der Waals surface area contributed by atoms with Crippen LogP contribution in [0.3, 0.4) is 0 Å². The van der Waals surface area contributed by atoms with E-state index in [1.165, 1.54) is 0 Å². The zero-order valence-electron chi connectivity index (χ0n) is 15.9. The standard InChI is InChI=1S/C22H27NO4/c1-22(2,23-12-14-26-15-13-23)21(25)18-8-10-19(11-9-18)27-16-20(24)17-6-4-3-5-7-17/h3-11,20,24H,12-16H2,1-2H3. The van der Waals surface area contributed by atoms with Gasteiger partial charge < -0.3 is 14.6 Å². The number of Topliss-reactive ketones (excluding diaryl/α,β-unsaturated/α-hetero) is 1. The molecular weight excluding hydrogens is 342 g/mol. The Bertz CT molecular complexity index is 737. The highest BCUT2D eigenvalue weighted by Crippen LogP contribution is 2.24. The summed E-state index contributed by atoms with van der Waals surface area (Å²) in [6, 6.07) is 16.5. The maximum Gasteiger partial charge on any atom is 0.182 e. The van der Waals surface area contributed by atoms with E-state index in [0.717, 1.165) is 18.7 Å². The lowest BCUT2D eigenvalue weighted by Gasteiger charge is -2.39. The maximum absolute atomic E-state index is 13.0. The van der Waals surface area contributed by atoms with Gasteiger partial charge in [0.05, 0.1) is 18.8 Å². The van der Waals surface area contributed by atoms with Gasteiger partial charge in [-0.25, -0.2) is 0 Å². The topological polar surface area (TPSA) is 59.0 Å². The van der Waals surface area contributed by atoms with Crippen molar-refractivity contribution in [3.8, 4) is 5.75 Å². The lowest BCUT2D eigenvalue weighted by molar-refractivity contribution is -0.00430. The number of hydrogen-bond donors (Lipinski definition) is 1. The minimum atomic E-state index is -0.687. The molecule has 1 fully saturated rings. The molecule has 0 aliphatic carbocycles. The van der Waals surface area contributed by atoms with Gasteiger partial charge in [-0.05, 0) is 43.7 Å². The number of ketones is 1. The Morgan fingerprint density at radius 3 is 2.37 bits per heavy atom. The van der Waals surface area contributed by atoms with Crippen molar-refractivity contribution < 1.29 is 19.4 Å². The van der Waals surface area contributed by atoms with E-state index in [-0.39, 0.29) is 12.4 Å². The molecular formula is C22H27NO4. The lowest BCUT2D eigenvalue weighted by atomic mass is 9.91. The van der Waals surface area contributed by atoms with Crippen molar-refractivity contribution in [3.05, 3.63) is 65.7 Å². The van der Waals surface area contributed by atoms with Crippen molar-refractivity contribution in [1.82, 2.24) is 4.90 Å². The van der Waals surface area contributed by atoms with Gasteiger partial charge in [-0.3, -0.25) is 9.69 Å². The quantitative estimate of drug-likeness (QED) is 0.760. The molecule has 5 nitrogen and oxygen atoms in total. The van der Waals surface area contributed by atoms with E-state index in [9.17, 15) is 9.90 Å². The van der Waals surface area contributed by atoms with Gasteiger partial charge >= 0.3 is 0 Å². The van der Waals surface area contributed by atoms with Crippen LogP contribution in [-0.2, 0) is 4.74 Å². The van der Waals surface area contributed by atoms with E-state index < -0.39 is 11.6 Å². The van der Waals surface area contributed by atoms with Crippen LogP contribution in [0.4, 0.5) is 0 Å². The highest BCUT2D eigenvalue weighted by atomic mass is 16.5. The van der Waals surface area contributed by atoms with Gasteiger partial charge in [-0.1, -0.05) is 30.3 Å². The molecule has 0 amide bonds. The Hall–Kier alpha value is -2.21.